The number of nitrogens with one attached hydrogen (secondary N) is 1. The fourth-order valence-corrected chi connectivity index (χ4v) is 2.28. The summed E-state index contributed by atoms with van der Waals surface area (Å²) in [5.41, 5.74) is 3.58. The Morgan fingerprint density at radius 3 is 2.33 bits per heavy atom. The van der Waals surface area contributed by atoms with Crippen LogP contribution < -0.4 is 4.72 Å². The lowest BCUT2D eigenvalue weighted by Crippen LogP contribution is -2.15. The Balaban J connectivity index is 2.72. The first-order chi connectivity index (χ1) is 7.00. The second kappa shape index (κ2) is 5.19. The van der Waals surface area contributed by atoms with Crippen LogP contribution in [0, 0.1) is 20.8 Å². The number of aliphatic carboxylic acids is 1. The Hall–Kier alpha value is -1.00. The van der Waals surface area contributed by atoms with E-state index in [1.165, 1.54) is 28.6 Å². The normalized spacial score (nSPS) is 10.3. The molecule has 15 heavy (non-hydrogen) atoms. The molecule has 2 N–H and O–H groups in total. The maximum absolute atomic E-state index is 10.3. The second-order valence-electron chi connectivity index (χ2n) is 3.54. The van der Waals surface area contributed by atoms with E-state index in [-0.39, 0.29) is 6.54 Å². The van der Waals surface area contributed by atoms with Gasteiger partial charge in [-0.2, -0.15) is 0 Å². The lowest BCUT2D eigenvalue weighted by Gasteiger charge is -2.10. The molecule has 0 aliphatic heterocycles. The van der Waals surface area contributed by atoms with Gasteiger partial charge in [0.1, 0.15) is 6.54 Å². The number of carboxylic acids is 1. The zero-order chi connectivity index (χ0) is 11.4. The smallest absolute Gasteiger partial charge is 0.318 e. The highest BCUT2D eigenvalue weighted by molar-refractivity contribution is 7.97. The number of rotatable bonds is 4. The zero-order valence-corrected chi connectivity index (χ0v) is 9.94. The second-order valence-corrected chi connectivity index (χ2v) is 4.45. The lowest BCUT2D eigenvalue weighted by molar-refractivity contribution is -0.135. The Morgan fingerprint density at radius 2 is 1.87 bits per heavy atom. The standard InChI is InChI=1S/C11H15NO2S/c1-7-4-8(2)11(9(3)5-7)15-12-6-10(13)14/h4-5,12H,6H2,1-3H3,(H,13,14). The fourth-order valence-electron chi connectivity index (χ4n) is 1.50. The van der Waals surface area contributed by atoms with Crippen LogP contribution in [0.3, 0.4) is 0 Å². The van der Waals surface area contributed by atoms with Crippen molar-refractivity contribution in [3.8, 4) is 0 Å². The van der Waals surface area contributed by atoms with E-state index < -0.39 is 5.97 Å². The van der Waals surface area contributed by atoms with E-state index >= 15 is 0 Å². The Morgan fingerprint density at radius 1 is 1.33 bits per heavy atom. The zero-order valence-electron chi connectivity index (χ0n) is 9.13. The quantitative estimate of drug-likeness (QED) is 0.772. The highest BCUT2D eigenvalue weighted by Crippen LogP contribution is 2.25. The van der Waals surface area contributed by atoms with Crippen LogP contribution in [0.2, 0.25) is 0 Å². The van der Waals surface area contributed by atoms with Crippen molar-refractivity contribution in [3.05, 3.63) is 28.8 Å². The van der Waals surface area contributed by atoms with Gasteiger partial charge in [0.15, 0.2) is 0 Å². The van der Waals surface area contributed by atoms with E-state index in [2.05, 4.69) is 23.8 Å². The molecule has 0 radical (unpaired) electrons. The monoisotopic (exact) mass is 225 g/mol. The van der Waals surface area contributed by atoms with Gasteiger partial charge < -0.3 is 5.11 Å². The Kier molecular flexibility index (Phi) is 4.17. The molecule has 4 heteroatoms. The number of aryl methyl sites for hydroxylation is 3. The van der Waals surface area contributed by atoms with E-state index in [1.54, 1.807) is 0 Å². The van der Waals surface area contributed by atoms with Gasteiger partial charge in [-0.15, -0.1) is 0 Å². The van der Waals surface area contributed by atoms with Crippen LogP contribution in [0.1, 0.15) is 16.7 Å². The minimum Gasteiger partial charge on any atom is -0.480 e. The topological polar surface area (TPSA) is 49.3 Å². The summed E-state index contributed by atoms with van der Waals surface area (Å²) in [6.07, 6.45) is 0. The molecule has 1 aromatic rings. The molecule has 0 unspecified atom stereocenters. The third-order valence-electron chi connectivity index (χ3n) is 2.00. The lowest BCUT2D eigenvalue weighted by atomic mass is 10.1. The molecule has 0 atom stereocenters. The van der Waals surface area contributed by atoms with Gasteiger partial charge in [0, 0.05) is 4.90 Å². The van der Waals surface area contributed by atoms with Crippen LogP contribution >= 0.6 is 11.9 Å². The first kappa shape index (κ1) is 12.1. The molecule has 82 valence electrons. The molecule has 0 spiro atoms. The molecule has 0 saturated carbocycles. The number of hydrogen-bond donors (Lipinski definition) is 2. The largest absolute Gasteiger partial charge is 0.480 e. The van der Waals surface area contributed by atoms with Crippen LogP contribution in [0.15, 0.2) is 17.0 Å². The minimum absolute atomic E-state index is 0.0303. The van der Waals surface area contributed by atoms with Gasteiger partial charge in [-0.25, -0.2) is 4.72 Å². The molecule has 0 fully saturated rings. The maximum Gasteiger partial charge on any atom is 0.318 e. The van der Waals surface area contributed by atoms with Crippen molar-refractivity contribution in [2.24, 2.45) is 0 Å². The molecular formula is C11H15NO2S. The minimum atomic E-state index is -0.843. The summed E-state index contributed by atoms with van der Waals surface area (Å²) in [5.74, 6) is -0.843. The Bertz CT molecular complexity index is 354. The van der Waals surface area contributed by atoms with Crippen LogP contribution in [-0.4, -0.2) is 17.6 Å². The predicted octanol–water partition coefficient (Wildman–Crippen LogP) is 2.29. The average molecular weight is 225 g/mol. The molecule has 0 heterocycles. The van der Waals surface area contributed by atoms with Gasteiger partial charge in [-0.1, -0.05) is 17.7 Å². The van der Waals surface area contributed by atoms with E-state index in [4.69, 9.17) is 5.11 Å². The van der Waals surface area contributed by atoms with Crippen molar-refractivity contribution < 1.29 is 9.90 Å². The maximum atomic E-state index is 10.3. The van der Waals surface area contributed by atoms with Gasteiger partial charge in [0.05, 0.1) is 0 Å². The van der Waals surface area contributed by atoms with Crippen LogP contribution in [0.4, 0.5) is 0 Å². The summed E-state index contributed by atoms with van der Waals surface area (Å²) in [6.45, 7) is 6.09. The van der Waals surface area contributed by atoms with Crippen molar-refractivity contribution in [2.45, 2.75) is 25.7 Å². The van der Waals surface area contributed by atoms with Crippen LogP contribution in [0.25, 0.3) is 0 Å². The van der Waals surface area contributed by atoms with Gasteiger partial charge in [-0.3, -0.25) is 4.79 Å². The molecule has 1 rings (SSSR count). The van der Waals surface area contributed by atoms with E-state index in [0.29, 0.717) is 0 Å². The van der Waals surface area contributed by atoms with Gasteiger partial charge in [-0.05, 0) is 43.8 Å². The number of benzene rings is 1. The number of hydrogen-bond acceptors (Lipinski definition) is 3. The van der Waals surface area contributed by atoms with Crippen molar-refractivity contribution in [1.82, 2.24) is 4.72 Å². The molecule has 0 aliphatic rings. The fraction of sp³-hybridized carbons (Fsp3) is 0.364. The molecule has 0 aliphatic carbocycles. The van der Waals surface area contributed by atoms with Gasteiger partial charge >= 0.3 is 5.97 Å². The van der Waals surface area contributed by atoms with E-state index in [9.17, 15) is 4.79 Å². The molecular weight excluding hydrogens is 210 g/mol. The molecule has 0 bridgehead atoms. The van der Waals surface area contributed by atoms with Gasteiger partial charge in [0.2, 0.25) is 0 Å². The summed E-state index contributed by atoms with van der Waals surface area (Å²) < 4.78 is 2.82. The van der Waals surface area contributed by atoms with E-state index in [0.717, 1.165) is 4.90 Å². The van der Waals surface area contributed by atoms with Crippen molar-refractivity contribution >= 4 is 17.9 Å². The van der Waals surface area contributed by atoms with Crippen molar-refractivity contribution in [1.29, 1.82) is 0 Å². The summed E-state index contributed by atoms with van der Waals surface area (Å²) in [4.78, 5) is 11.5. The van der Waals surface area contributed by atoms with E-state index in [1.807, 2.05) is 13.8 Å². The summed E-state index contributed by atoms with van der Waals surface area (Å²) in [6, 6.07) is 4.19. The highest BCUT2D eigenvalue weighted by atomic mass is 32.2. The first-order valence-corrected chi connectivity index (χ1v) is 5.51. The number of carboxylic acid groups (broad SMARTS) is 1. The number of carbonyl (C=O) groups is 1. The SMILES string of the molecule is Cc1cc(C)c(SNCC(=O)O)c(C)c1. The first-order valence-electron chi connectivity index (χ1n) is 4.70. The molecule has 0 aromatic heterocycles. The molecule has 3 nitrogen and oxygen atoms in total. The molecule has 1 aromatic carbocycles. The summed E-state index contributed by atoms with van der Waals surface area (Å²) in [7, 11) is 0. The third kappa shape index (κ3) is 3.57. The molecule has 0 amide bonds. The van der Waals surface area contributed by atoms with Crippen molar-refractivity contribution in [2.75, 3.05) is 6.54 Å². The van der Waals surface area contributed by atoms with Gasteiger partial charge in [0.25, 0.3) is 0 Å². The third-order valence-corrected chi connectivity index (χ3v) is 3.14. The van der Waals surface area contributed by atoms with Crippen LogP contribution in [0.5, 0.6) is 0 Å². The summed E-state index contributed by atoms with van der Waals surface area (Å²) >= 11 is 1.38. The molecule has 0 saturated heterocycles. The predicted molar refractivity (Wildman–Crippen MR) is 62.1 cm³/mol. The van der Waals surface area contributed by atoms with Crippen LogP contribution in [-0.2, 0) is 4.79 Å². The Labute approximate surface area is 94.0 Å². The summed E-state index contributed by atoms with van der Waals surface area (Å²) in [5, 5.41) is 8.50. The highest BCUT2D eigenvalue weighted by Gasteiger charge is 2.05. The average Bonchev–Trinajstić information content (AvgIpc) is 2.08. The van der Waals surface area contributed by atoms with Crippen molar-refractivity contribution in [3.63, 3.8) is 0 Å².